The van der Waals surface area contributed by atoms with Crippen LogP contribution in [0.5, 0.6) is 0 Å². The summed E-state index contributed by atoms with van der Waals surface area (Å²) in [5, 5.41) is 23.0. The number of aromatic nitrogens is 2. The summed E-state index contributed by atoms with van der Waals surface area (Å²) < 4.78 is 68.9. The minimum Gasteiger partial charge on any atom is -0.478 e. The van der Waals surface area contributed by atoms with E-state index in [4.69, 9.17) is 34.6 Å². The first-order valence-electron chi connectivity index (χ1n) is 12.6. The third kappa shape index (κ3) is 12.7. The first kappa shape index (κ1) is 35.5. The highest BCUT2D eigenvalue weighted by Crippen LogP contribution is 2.24. The molecule has 238 valence electrons. The highest BCUT2D eigenvalue weighted by atomic mass is 19.4. The molecule has 10 nitrogen and oxygen atoms in total. The molecule has 16 heteroatoms. The minimum absolute atomic E-state index is 0.686. The molecule has 0 spiro atoms. The average molecular weight is 632 g/mol. The number of carbonyl (C=O) groups is 3. The molecular formula is C28H27F6N3O7. The van der Waals surface area contributed by atoms with Gasteiger partial charge in [0.05, 0.1) is 24.6 Å². The topological polar surface area (TPSA) is 153 Å². The molecule has 44 heavy (non-hydrogen) atoms. The van der Waals surface area contributed by atoms with Gasteiger partial charge in [0.15, 0.2) is 0 Å². The molecule has 4 rings (SSSR count). The number of morpholine rings is 1. The maximum absolute atomic E-state index is 10.7. The molecular weight excluding hydrogens is 604 g/mol. The highest BCUT2D eigenvalue weighted by Gasteiger charge is 2.38. The van der Waals surface area contributed by atoms with Crippen molar-refractivity contribution in [2.24, 2.45) is 0 Å². The van der Waals surface area contributed by atoms with Gasteiger partial charge in [-0.3, -0.25) is 4.90 Å². The molecule has 0 atom stereocenters. The minimum atomic E-state index is -5.08. The van der Waals surface area contributed by atoms with Crippen molar-refractivity contribution in [2.45, 2.75) is 25.3 Å². The predicted octanol–water partition coefficient (Wildman–Crippen LogP) is 4.86. The molecule has 1 saturated heterocycles. The van der Waals surface area contributed by atoms with Crippen LogP contribution in [-0.2, 0) is 32.1 Å². The number of hydrogen-bond acceptors (Lipinski definition) is 6. The molecule has 0 saturated carbocycles. The number of alkyl halides is 6. The lowest BCUT2D eigenvalue weighted by atomic mass is 10.1. The lowest BCUT2D eigenvalue weighted by molar-refractivity contribution is -0.193. The molecule has 0 bridgehead atoms. The number of H-pyrrole nitrogens is 1. The van der Waals surface area contributed by atoms with Crippen molar-refractivity contribution in [3.05, 3.63) is 83.3 Å². The Bertz CT molecular complexity index is 1380. The normalized spacial score (nSPS) is 13.8. The second-order valence-corrected chi connectivity index (χ2v) is 8.96. The fourth-order valence-electron chi connectivity index (χ4n) is 3.59. The number of nitrogens with zero attached hydrogens (tertiary/aromatic N) is 2. The fraction of sp³-hybridized carbons (Fsp3) is 0.286. The number of carboxylic acid groups (broad SMARTS) is 3. The number of hydrogen-bond donors (Lipinski definition) is 4. The number of nitrogens with one attached hydrogen (secondary N) is 1. The maximum atomic E-state index is 10.7. The van der Waals surface area contributed by atoms with Gasteiger partial charge in [0.2, 0.25) is 0 Å². The van der Waals surface area contributed by atoms with Crippen molar-refractivity contribution >= 4 is 24.0 Å². The van der Waals surface area contributed by atoms with Crippen LogP contribution in [0.25, 0.3) is 17.3 Å². The number of aromatic amines is 1. The number of benzene rings is 2. The third-order valence-electron chi connectivity index (χ3n) is 5.62. The van der Waals surface area contributed by atoms with E-state index >= 15 is 0 Å². The quantitative estimate of drug-likeness (QED) is 0.212. The van der Waals surface area contributed by atoms with Gasteiger partial charge in [-0.1, -0.05) is 54.6 Å². The molecule has 1 aromatic heterocycles. The van der Waals surface area contributed by atoms with Crippen molar-refractivity contribution in [3.8, 4) is 11.3 Å². The standard InChI is InChI=1S/C24H25N3O3.2C2HF3O2/c28-23(29)11-10-18-6-8-19(9-7-18)16-22-25-21(17-27-12-14-30-15-13-27)24(26-22)20-4-2-1-3-5-20;2*3-2(4,5)1(6)7/h1-11H,12-17H2,(H,25,26)(H,28,29);2*(H,6,7)/b11-10+;;. The van der Waals surface area contributed by atoms with E-state index in [1.165, 1.54) is 0 Å². The van der Waals surface area contributed by atoms with Crippen LogP contribution in [0.1, 0.15) is 22.6 Å². The Kier molecular flexibility index (Phi) is 13.1. The summed E-state index contributed by atoms with van der Waals surface area (Å²) in [4.78, 5) is 39.3. The van der Waals surface area contributed by atoms with Gasteiger partial charge in [0.25, 0.3) is 0 Å². The summed E-state index contributed by atoms with van der Waals surface area (Å²) in [7, 11) is 0. The molecule has 4 N–H and O–H groups in total. The molecule has 2 heterocycles. The molecule has 1 aliphatic rings. The van der Waals surface area contributed by atoms with Crippen LogP contribution in [0.2, 0.25) is 0 Å². The van der Waals surface area contributed by atoms with Gasteiger partial charge >= 0.3 is 30.3 Å². The van der Waals surface area contributed by atoms with E-state index in [0.717, 1.165) is 72.8 Å². The summed E-state index contributed by atoms with van der Waals surface area (Å²) >= 11 is 0. The summed E-state index contributed by atoms with van der Waals surface area (Å²) in [6.45, 7) is 4.20. The van der Waals surface area contributed by atoms with Crippen molar-refractivity contribution in [1.82, 2.24) is 14.9 Å². The van der Waals surface area contributed by atoms with Crippen molar-refractivity contribution in [2.75, 3.05) is 26.3 Å². The molecule has 0 unspecified atom stereocenters. The summed E-state index contributed by atoms with van der Waals surface area (Å²) in [6, 6.07) is 18.1. The van der Waals surface area contributed by atoms with Crippen molar-refractivity contribution < 1.29 is 60.8 Å². The zero-order valence-electron chi connectivity index (χ0n) is 22.7. The first-order valence-corrected chi connectivity index (χ1v) is 12.6. The molecule has 2 aromatic carbocycles. The van der Waals surface area contributed by atoms with Crippen LogP contribution in [0, 0.1) is 0 Å². The van der Waals surface area contributed by atoms with E-state index in [0.29, 0.717) is 6.42 Å². The zero-order chi connectivity index (χ0) is 32.9. The van der Waals surface area contributed by atoms with Crippen molar-refractivity contribution in [1.29, 1.82) is 0 Å². The van der Waals surface area contributed by atoms with Gasteiger partial charge < -0.3 is 25.0 Å². The van der Waals surface area contributed by atoms with Gasteiger partial charge in [-0.05, 0) is 17.2 Å². The maximum Gasteiger partial charge on any atom is 0.490 e. The van der Waals surface area contributed by atoms with Crippen LogP contribution in [0.3, 0.4) is 0 Å². The molecule has 0 amide bonds. The smallest absolute Gasteiger partial charge is 0.478 e. The van der Waals surface area contributed by atoms with E-state index < -0.39 is 30.3 Å². The molecule has 1 fully saturated rings. The lowest BCUT2D eigenvalue weighted by Gasteiger charge is -2.26. The van der Waals surface area contributed by atoms with Gasteiger partial charge in [-0.15, -0.1) is 0 Å². The number of ether oxygens (including phenoxy) is 1. The molecule has 3 aromatic rings. The van der Waals surface area contributed by atoms with Crippen molar-refractivity contribution in [3.63, 3.8) is 0 Å². The number of rotatable bonds is 7. The van der Waals surface area contributed by atoms with E-state index in [2.05, 4.69) is 22.0 Å². The second kappa shape index (κ2) is 16.2. The number of aliphatic carboxylic acids is 3. The fourth-order valence-corrected chi connectivity index (χ4v) is 3.59. The van der Waals surface area contributed by atoms with Gasteiger partial charge in [-0.2, -0.15) is 26.3 Å². The van der Waals surface area contributed by atoms with Gasteiger partial charge in [0, 0.05) is 37.7 Å². The van der Waals surface area contributed by atoms with Crippen LogP contribution in [0.15, 0.2) is 60.7 Å². The summed E-state index contributed by atoms with van der Waals surface area (Å²) in [5.74, 6) is -5.54. The van der Waals surface area contributed by atoms with E-state index in [-0.39, 0.29) is 0 Å². The Morgan fingerprint density at radius 1 is 0.864 bits per heavy atom. The summed E-state index contributed by atoms with van der Waals surface area (Å²) in [5.41, 5.74) is 5.21. The van der Waals surface area contributed by atoms with Gasteiger partial charge in [-0.25, -0.2) is 19.4 Å². The van der Waals surface area contributed by atoms with Crippen LogP contribution in [0.4, 0.5) is 26.3 Å². The number of imidazole rings is 1. The van der Waals surface area contributed by atoms with Crippen LogP contribution < -0.4 is 0 Å². The Morgan fingerprint density at radius 2 is 1.39 bits per heavy atom. The Morgan fingerprint density at radius 3 is 1.86 bits per heavy atom. The zero-order valence-corrected chi connectivity index (χ0v) is 22.7. The van der Waals surface area contributed by atoms with E-state index in [1.54, 1.807) is 6.08 Å². The number of carboxylic acids is 3. The van der Waals surface area contributed by atoms with E-state index in [1.807, 2.05) is 42.5 Å². The Hall–Kier alpha value is -4.70. The molecule has 0 aliphatic carbocycles. The first-order chi connectivity index (χ1) is 20.6. The van der Waals surface area contributed by atoms with Gasteiger partial charge in [0.1, 0.15) is 5.82 Å². The largest absolute Gasteiger partial charge is 0.490 e. The second-order valence-electron chi connectivity index (χ2n) is 8.96. The SMILES string of the molecule is O=C(O)/C=C/c1ccc(Cc2nc(-c3ccccc3)c(CN3CCOCC3)[nH]2)cc1.O=C(O)C(F)(F)F.O=C(O)C(F)(F)F. The monoisotopic (exact) mass is 631 g/mol. The van der Waals surface area contributed by atoms with Crippen LogP contribution in [-0.4, -0.2) is 86.8 Å². The highest BCUT2D eigenvalue weighted by molar-refractivity contribution is 5.85. The Balaban J connectivity index is 0.000000402. The third-order valence-corrected chi connectivity index (χ3v) is 5.62. The molecule has 1 aliphatic heterocycles. The van der Waals surface area contributed by atoms with Crippen LogP contribution >= 0.6 is 0 Å². The lowest BCUT2D eigenvalue weighted by Crippen LogP contribution is -2.35. The Labute approximate surface area is 246 Å². The summed E-state index contributed by atoms with van der Waals surface area (Å²) in [6.07, 6.45) is -6.75. The predicted molar refractivity (Wildman–Crippen MR) is 143 cm³/mol. The van der Waals surface area contributed by atoms with E-state index in [9.17, 15) is 31.1 Å². The number of halogens is 6. The average Bonchev–Trinajstić information content (AvgIpc) is 3.35. The molecule has 0 radical (unpaired) electrons.